The molecule has 22 heavy (non-hydrogen) atoms. The zero-order valence-electron chi connectivity index (χ0n) is 13.0. The molecule has 0 aliphatic rings. The monoisotopic (exact) mass is 334 g/mol. The third-order valence-electron chi connectivity index (χ3n) is 3.31. The third kappa shape index (κ3) is 10.5. The summed E-state index contributed by atoms with van der Waals surface area (Å²) < 4.78 is 0. The van der Waals surface area contributed by atoms with E-state index in [0.717, 1.165) is 37.4 Å². The fourth-order valence-corrected chi connectivity index (χ4v) is 3.26. The fourth-order valence-electron chi connectivity index (χ4n) is 2.09. The highest BCUT2D eigenvalue weighted by atomic mass is 32.2. The number of carboxylic acid groups (broad SMARTS) is 3. The maximum Gasteiger partial charge on any atom is 0.317 e. The SMILES string of the molecule is CCCCCCCCCC(SC(CC(=O)O)C(=O)O)C(=O)O. The van der Waals surface area contributed by atoms with Crippen molar-refractivity contribution in [2.45, 2.75) is 75.2 Å². The van der Waals surface area contributed by atoms with E-state index in [2.05, 4.69) is 6.92 Å². The molecule has 0 radical (unpaired) electrons. The third-order valence-corrected chi connectivity index (χ3v) is 4.77. The van der Waals surface area contributed by atoms with Crippen LogP contribution in [0, 0.1) is 0 Å². The summed E-state index contributed by atoms with van der Waals surface area (Å²) in [6, 6.07) is 0. The van der Waals surface area contributed by atoms with Gasteiger partial charge < -0.3 is 15.3 Å². The largest absolute Gasteiger partial charge is 0.481 e. The molecule has 128 valence electrons. The van der Waals surface area contributed by atoms with Crippen molar-refractivity contribution in [1.29, 1.82) is 0 Å². The van der Waals surface area contributed by atoms with Crippen molar-refractivity contribution in [1.82, 2.24) is 0 Å². The quantitative estimate of drug-likeness (QED) is 0.418. The van der Waals surface area contributed by atoms with Gasteiger partial charge in [0.15, 0.2) is 0 Å². The topological polar surface area (TPSA) is 112 Å². The molecule has 0 aromatic rings. The Morgan fingerprint density at radius 1 is 0.818 bits per heavy atom. The molecule has 6 nitrogen and oxygen atoms in total. The van der Waals surface area contributed by atoms with Gasteiger partial charge in [-0.25, -0.2) is 0 Å². The molecular weight excluding hydrogens is 308 g/mol. The Hall–Kier alpha value is -1.24. The smallest absolute Gasteiger partial charge is 0.317 e. The van der Waals surface area contributed by atoms with Crippen LogP contribution in [-0.4, -0.2) is 43.7 Å². The summed E-state index contributed by atoms with van der Waals surface area (Å²) in [6.07, 6.45) is 7.20. The van der Waals surface area contributed by atoms with Gasteiger partial charge in [-0.3, -0.25) is 14.4 Å². The molecule has 0 rings (SSSR count). The molecule has 0 aliphatic heterocycles. The van der Waals surface area contributed by atoms with E-state index in [4.69, 9.17) is 15.3 Å². The van der Waals surface area contributed by atoms with Gasteiger partial charge in [0.2, 0.25) is 0 Å². The molecule has 0 fully saturated rings. The maximum absolute atomic E-state index is 11.2. The highest BCUT2D eigenvalue weighted by molar-refractivity contribution is 8.01. The first-order valence-electron chi connectivity index (χ1n) is 7.71. The van der Waals surface area contributed by atoms with Gasteiger partial charge in [0, 0.05) is 0 Å². The first-order chi connectivity index (χ1) is 10.4. The highest BCUT2D eigenvalue weighted by Crippen LogP contribution is 2.26. The molecule has 2 unspecified atom stereocenters. The minimum atomic E-state index is -1.28. The van der Waals surface area contributed by atoms with Crippen molar-refractivity contribution in [3.8, 4) is 0 Å². The number of thioether (sulfide) groups is 1. The van der Waals surface area contributed by atoms with Crippen LogP contribution in [0.2, 0.25) is 0 Å². The van der Waals surface area contributed by atoms with E-state index in [0.29, 0.717) is 6.42 Å². The predicted molar refractivity (Wildman–Crippen MR) is 85.3 cm³/mol. The van der Waals surface area contributed by atoms with Gasteiger partial charge in [0.25, 0.3) is 0 Å². The molecule has 0 spiro atoms. The lowest BCUT2D eigenvalue weighted by atomic mass is 10.1. The maximum atomic E-state index is 11.2. The Morgan fingerprint density at radius 3 is 1.77 bits per heavy atom. The molecule has 0 aromatic heterocycles. The van der Waals surface area contributed by atoms with E-state index in [-0.39, 0.29) is 0 Å². The molecule has 0 aliphatic carbocycles. The van der Waals surface area contributed by atoms with E-state index in [9.17, 15) is 14.4 Å². The number of hydrogen-bond donors (Lipinski definition) is 3. The predicted octanol–water partition coefficient (Wildman–Crippen LogP) is 3.24. The van der Waals surface area contributed by atoms with E-state index >= 15 is 0 Å². The normalized spacial score (nSPS) is 13.5. The zero-order chi connectivity index (χ0) is 17.0. The molecule has 0 amide bonds. The minimum Gasteiger partial charge on any atom is -0.481 e. The van der Waals surface area contributed by atoms with Crippen LogP contribution in [0.4, 0.5) is 0 Å². The Kier molecular flexibility index (Phi) is 11.6. The second-order valence-electron chi connectivity index (χ2n) is 5.30. The summed E-state index contributed by atoms with van der Waals surface area (Å²) in [5.74, 6) is -3.59. The highest BCUT2D eigenvalue weighted by Gasteiger charge is 2.29. The zero-order valence-corrected chi connectivity index (χ0v) is 13.8. The van der Waals surface area contributed by atoms with Crippen LogP contribution < -0.4 is 0 Å². The van der Waals surface area contributed by atoms with Crippen LogP contribution in [0.25, 0.3) is 0 Å². The van der Waals surface area contributed by atoms with Crippen LogP contribution in [0.3, 0.4) is 0 Å². The Bertz CT molecular complexity index is 358. The second-order valence-corrected chi connectivity index (χ2v) is 6.71. The number of hydrogen-bond acceptors (Lipinski definition) is 4. The molecule has 0 saturated carbocycles. The average Bonchev–Trinajstić information content (AvgIpc) is 2.43. The number of unbranched alkanes of at least 4 members (excludes halogenated alkanes) is 6. The van der Waals surface area contributed by atoms with E-state index in [1.807, 2.05) is 0 Å². The van der Waals surface area contributed by atoms with Gasteiger partial charge in [-0.05, 0) is 6.42 Å². The number of aliphatic carboxylic acids is 3. The Labute approximate surface area is 135 Å². The number of carboxylic acids is 3. The number of rotatable bonds is 14. The summed E-state index contributed by atoms with van der Waals surface area (Å²) in [5.41, 5.74) is 0. The first-order valence-corrected chi connectivity index (χ1v) is 8.65. The molecule has 0 bridgehead atoms. The van der Waals surface area contributed by atoms with Crippen LogP contribution in [0.15, 0.2) is 0 Å². The standard InChI is InChI=1S/C15H26O6S/c1-2-3-4-5-6-7-8-9-11(14(18)19)22-12(15(20)21)10-13(16)17/h11-12H,2-10H2,1H3,(H,16,17)(H,18,19)(H,20,21). The molecular formula is C15H26O6S. The molecule has 0 aromatic carbocycles. The van der Waals surface area contributed by atoms with Crippen molar-refractivity contribution in [3.63, 3.8) is 0 Å². The van der Waals surface area contributed by atoms with E-state index < -0.39 is 34.8 Å². The lowest BCUT2D eigenvalue weighted by Gasteiger charge is -2.16. The first kappa shape index (κ1) is 20.8. The summed E-state index contributed by atoms with van der Waals surface area (Å²) in [7, 11) is 0. The van der Waals surface area contributed by atoms with Crippen LogP contribution in [0.5, 0.6) is 0 Å². The molecule has 7 heteroatoms. The number of carbonyl (C=O) groups is 3. The van der Waals surface area contributed by atoms with Crippen molar-refractivity contribution in [2.24, 2.45) is 0 Å². The fraction of sp³-hybridized carbons (Fsp3) is 0.800. The lowest BCUT2D eigenvalue weighted by molar-refractivity contribution is -0.143. The molecule has 3 N–H and O–H groups in total. The van der Waals surface area contributed by atoms with Crippen molar-refractivity contribution in [2.75, 3.05) is 0 Å². The van der Waals surface area contributed by atoms with E-state index in [1.165, 1.54) is 19.3 Å². The van der Waals surface area contributed by atoms with Crippen LogP contribution in [0.1, 0.15) is 64.7 Å². The Balaban J connectivity index is 4.16. The minimum absolute atomic E-state index is 0.372. The molecule has 0 saturated heterocycles. The molecule has 0 heterocycles. The average molecular weight is 334 g/mol. The van der Waals surface area contributed by atoms with E-state index in [1.54, 1.807) is 0 Å². The summed E-state index contributed by atoms with van der Waals surface area (Å²) in [5, 5.41) is 24.7. The van der Waals surface area contributed by atoms with Crippen LogP contribution >= 0.6 is 11.8 Å². The van der Waals surface area contributed by atoms with Gasteiger partial charge in [0.1, 0.15) is 10.5 Å². The summed E-state index contributed by atoms with van der Waals surface area (Å²) in [6.45, 7) is 2.14. The lowest BCUT2D eigenvalue weighted by Crippen LogP contribution is -2.27. The van der Waals surface area contributed by atoms with Crippen LogP contribution in [-0.2, 0) is 14.4 Å². The van der Waals surface area contributed by atoms with Gasteiger partial charge in [-0.2, -0.15) is 0 Å². The summed E-state index contributed by atoms with van der Waals surface area (Å²) in [4.78, 5) is 32.8. The Morgan fingerprint density at radius 2 is 1.32 bits per heavy atom. The van der Waals surface area contributed by atoms with Crippen molar-refractivity contribution < 1.29 is 29.7 Å². The van der Waals surface area contributed by atoms with Gasteiger partial charge in [-0.15, -0.1) is 11.8 Å². The summed E-state index contributed by atoms with van der Waals surface area (Å²) >= 11 is 0.726. The van der Waals surface area contributed by atoms with Crippen molar-refractivity contribution >= 4 is 29.7 Å². The molecule has 2 atom stereocenters. The second kappa shape index (κ2) is 12.3. The van der Waals surface area contributed by atoms with Gasteiger partial charge in [0.05, 0.1) is 6.42 Å². The van der Waals surface area contributed by atoms with Gasteiger partial charge in [-0.1, -0.05) is 51.9 Å². The van der Waals surface area contributed by atoms with Gasteiger partial charge >= 0.3 is 17.9 Å². The van der Waals surface area contributed by atoms with Crippen molar-refractivity contribution in [3.05, 3.63) is 0 Å².